The largest absolute Gasteiger partial charge is 0.466 e. The Labute approximate surface area is 167 Å². The summed E-state index contributed by atoms with van der Waals surface area (Å²) in [5, 5.41) is 0. The Morgan fingerprint density at radius 3 is 2.32 bits per heavy atom. The Balaban J connectivity index is 0.000000696. The van der Waals surface area contributed by atoms with Crippen LogP contribution in [-0.2, 0) is 15.7 Å². The molecule has 1 unspecified atom stereocenters. The molecule has 0 amide bonds. The van der Waals surface area contributed by atoms with Crippen LogP contribution in [-0.4, -0.2) is 27.9 Å². The maximum atomic E-state index is 8.88. The lowest BCUT2D eigenvalue weighted by Crippen LogP contribution is -2.08. The lowest BCUT2D eigenvalue weighted by Gasteiger charge is -2.14. The quantitative estimate of drug-likeness (QED) is 0.404. The van der Waals surface area contributed by atoms with Crippen molar-refractivity contribution < 1.29 is 28.7 Å². The third-order valence-electron chi connectivity index (χ3n) is 3.89. The molecular formula is C21H31O6P. The van der Waals surface area contributed by atoms with E-state index in [0.29, 0.717) is 5.92 Å². The van der Waals surface area contributed by atoms with Gasteiger partial charge in [-0.2, -0.15) is 0 Å². The zero-order valence-corrected chi connectivity index (χ0v) is 17.6. The monoisotopic (exact) mass is 410 g/mol. The van der Waals surface area contributed by atoms with Crippen molar-refractivity contribution in [1.82, 2.24) is 0 Å². The summed E-state index contributed by atoms with van der Waals surface area (Å²) < 4.78 is 20.7. The predicted octanol–water partition coefficient (Wildman–Crippen LogP) is 4.85. The first-order valence-electron chi connectivity index (χ1n) is 9.37. The normalized spacial score (nSPS) is 12.1. The minimum atomic E-state index is -4.64. The van der Waals surface area contributed by atoms with Crippen molar-refractivity contribution >= 4 is 7.82 Å². The molecule has 0 radical (unpaired) electrons. The Kier molecular flexibility index (Phi) is 11.0. The van der Waals surface area contributed by atoms with Crippen molar-refractivity contribution in [2.45, 2.75) is 40.0 Å². The second-order valence-corrected chi connectivity index (χ2v) is 7.78. The van der Waals surface area contributed by atoms with E-state index in [0.717, 1.165) is 31.1 Å². The Morgan fingerprint density at radius 2 is 1.71 bits per heavy atom. The molecule has 28 heavy (non-hydrogen) atoms. The molecule has 0 aliphatic heterocycles. The highest BCUT2D eigenvalue weighted by Gasteiger charge is 2.07. The van der Waals surface area contributed by atoms with Gasteiger partial charge in [0.15, 0.2) is 0 Å². The van der Waals surface area contributed by atoms with Gasteiger partial charge in [0.25, 0.3) is 0 Å². The molecule has 0 aliphatic carbocycles. The molecular weight excluding hydrogens is 379 g/mol. The first-order chi connectivity index (χ1) is 13.2. The number of para-hydroxylation sites is 1. The highest BCUT2D eigenvalue weighted by Crippen LogP contribution is 2.27. The second kappa shape index (κ2) is 12.7. The van der Waals surface area contributed by atoms with Crippen LogP contribution >= 0.6 is 7.82 Å². The van der Waals surface area contributed by atoms with Crippen molar-refractivity contribution in [3.8, 4) is 11.5 Å². The van der Waals surface area contributed by atoms with E-state index in [-0.39, 0.29) is 0 Å². The Hall–Kier alpha value is -1.69. The van der Waals surface area contributed by atoms with Gasteiger partial charge >= 0.3 is 7.82 Å². The maximum absolute atomic E-state index is 8.88. The summed E-state index contributed by atoms with van der Waals surface area (Å²) in [6.07, 6.45) is 3.33. The summed E-state index contributed by atoms with van der Waals surface area (Å²) in [5.41, 5.74) is 2.46. The molecule has 2 aromatic carbocycles. The highest BCUT2D eigenvalue weighted by molar-refractivity contribution is 7.45. The minimum Gasteiger partial charge on any atom is -0.457 e. The smallest absolute Gasteiger partial charge is 0.457 e. The third-order valence-corrected chi connectivity index (χ3v) is 3.89. The third kappa shape index (κ3) is 11.9. The molecule has 2 rings (SSSR count). The molecule has 6 nitrogen and oxygen atoms in total. The molecule has 1 atom stereocenters. The zero-order chi connectivity index (χ0) is 21.0. The SMILES string of the molecule is CCCC(C)COCCc1cc(C)ccc1Oc1ccccc1.O=P(O)(O)O. The molecule has 0 heterocycles. The van der Waals surface area contributed by atoms with Gasteiger partial charge in [-0.05, 0) is 49.4 Å². The van der Waals surface area contributed by atoms with Crippen LogP contribution in [0.3, 0.4) is 0 Å². The molecule has 0 saturated carbocycles. The number of hydrogen-bond donors (Lipinski definition) is 3. The summed E-state index contributed by atoms with van der Waals surface area (Å²) in [7, 11) is -4.64. The van der Waals surface area contributed by atoms with E-state index < -0.39 is 7.82 Å². The van der Waals surface area contributed by atoms with E-state index in [9.17, 15) is 0 Å². The highest BCUT2D eigenvalue weighted by atomic mass is 31.2. The van der Waals surface area contributed by atoms with Crippen LogP contribution in [0.1, 0.15) is 37.8 Å². The summed E-state index contributed by atoms with van der Waals surface area (Å²) in [5.74, 6) is 2.43. The van der Waals surface area contributed by atoms with E-state index in [4.69, 9.17) is 28.7 Å². The number of ether oxygens (including phenoxy) is 2. The summed E-state index contributed by atoms with van der Waals surface area (Å²) in [4.78, 5) is 21.6. The van der Waals surface area contributed by atoms with Crippen LogP contribution in [0, 0.1) is 12.8 Å². The van der Waals surface area contributed by atoms with E-state index in [1.807, 2.05) is 30.3 Å². The molecule has 0 aliphatic rings. The zero-order valence-electron chi connectivity index (χ0n) is 16.7. The molecule has 0 saturated heterocycles. The lowest BCUT2D eigenvalue weighted by atomic mass is 10.1. The van der Waals surface area contributed by atoms with Gasteiger partial charge in [0.1, 0.15) is 11.5 Å². The van der Waals surface area contributed by atoms with Gasteiger partial charge in [-0.25, -0.2) is 4.57 Å². The lowest BCUT2D eigenvalue weighted by molar-refractivity contribution is 0.104. The predicted molar refractivity (Wildman–Crippen MR) is 111 cm³/mol. The average molecular weight is 410 g/mol. The van der Waals surface area contributed by atoms with Crippen LogP contribution in [0.2, 0.25) is 0 Å². The topological polar surface area (TPSA) is 96.2 Å². The van der Waals surface area contributed by atoms with Crippen LogP contribution in [0.5, 0.6) is 11.5 Å². The molecule has 2 aromatic rings. The molecule has 3 N–H and O–H groups in total. The summed E-state index contributed by atoms with van der Waals surface area (Å²) >= 11 is 0. The maximum Gasteiger partial charge on any atom is 0.466 e. The van der Waals surface area contributed by atoms with Crippen LogP contribution < -0.4 is 4.74 Å². The molecule has 0 fully saturated rings. The Bertz CT molecular complexity index is 721. The Morgan fingerprint density at radius 1 is 1.07 bits per heavy atom. The number of benzene rings is 2. The van der Waals surface area contributed by atoms with E-state index in [1.54, 1.807) is 0 Å². The first-order valence-corrected chi connectivity index (χ1v) is 10.9. The van der Waals surface area contributed by atoms with Gasteiger partial charge in [0.05, 0.1) is 6.61 Å². The molecule has 7 heteroatoms. The molecule has 0 bridgehead atoms. The van der Waals surface area contributed by atoms with Crippen LogP contribution in [0.15, 0.2) is 48.5 Å². The van der Waals surface area contributed by atoms with Crippen LogP contribution in [0.25, 0.3) is 0 Å². The summed E-state index contributed by atoms with van der Waals surface area (Å²) in [6.45, 7) is 8.16. The fraction of sp³-hybridized carbons (Fsp3) is 0.429. The van der Waals surface area contributed by atoms with Gasteiger partial charge in [-0.3, -0.25) is 0 Å². The first kappa shape index (κ1) is 24.3. The number of rotatable bonds is 9. The standard InChI is InChI=1S/C21H28O2.H3O4P/c1-4-8-18(3)16-22-14-13-19-15-17(2)11-12-21(19)23-20-9-6-5-7-10-20;1-5(2,3)4/h5-7,9-12,15,18H,4,8,13-14,16H2,1-3H3;(H3,1,2,3,4). The van der Waals surface area contributed by atoms with Crippen molar-refractivity contribution in [2.24, 2.45) is 5.92 Å². The van der Waals surface area contributed by atoms with E-state index in [1.165, 1.54) is 24.0 Å². The molecule has 0 spiro atoms. The van der Waals surface area contributed by atoms with E-state index >= 15 is 0 Å². The van der Waals surface area contributed by atoms with Gasteiger partial charge in [0, 0.05) is 6.61 Å². The number of hydrogen-bond acceptors (Lipinski definition) is 3. The van der Waals surface area contributed by atoms with Crippen molar-refractivity contribution in [2.75, 3.05) is 13.2 Å². The number of aryl methyl sites for hydroxylation is 1. The minimum absolute atomic E-state index is 0.637. The fourth-order valence-electron chi connectivity index (χ4n) is 2.66. The average Bonchev–Trinajstić information content (AvgIpc) is 2.60. The van der Waals surface area contributed by atoms with Crippen LogP contribution in [0.4, 0.5) is 0 Å². The van der Waals surface area contributed by atoms with Crippen molar-refractivity contribution in [1.29, 1.82) is 0 Å². The number of phosphoric acid groups is 1. The van der Waals surface area contributed by atoms with Crippen molar-refractivity contribution in [3.63, 3.8) is 0 Å². The summed E-state index contributed by atoms with van der Waals surface area (Å²) in [6, 6.07) is 16.3. The van der Waals surface area contributed by atoms with Gasteiger partial charge in [-0.1, -0.05) is 56.2 Å². The second-order valence-electron chi connectivity index (χ2n) is 6.76. The van der Waals surface area contributed by atoms with Gasteiger partial charge in [0.2, 0.25) is 0 Å². The molecule has 0 aromatic heterocycles. The molecule has 156 valence electrons. The van der Waals surface area contributed by atoms with Gasteiger partial charge in [-0.15, -0.1) is 0 Å². The fourth-order valence-corrected chi connectivity index (χ4v) is 2.66. The van der Waals surface area contributed by atoms with Gasteiger partial charge < -0.3 is 24.2 Å². The van der Waals surface area contributed by atoms with E-state index in [2.05, 4.69) is 39.0 Å². The van der Waals surface area contributed by atoms with Crippen molar-refractivity contribution in [3.05, 3.63) is 59.7 Å².